The Labute approximate surface area is 112 Å². The molecule has 1 atom stereocenters. The molecule has 0 aromatic carbocycles. The third kappa shape index (κ3) is 4.73. The van der Waals surface area contributed by atoms with Crippen LogP contribution in [0.25, 0.3) is 0 Å². The van der Waals surface area contributed by atoms with Crippen LogP contribution in [-0.2, 0) is 10.3 Å². The van der Waals surface area contributed by atoms with E-state index in [0.29, 0.717) is 12.1 Å². The molecule has 6 heteroatoms. The van der Waals surface area contributed by atoms with Gasteiger partial charge in [0.05, 0.1) is 17.3 Å². The second-order valence-corrected chi connectivity index (χ2v) is 5.76. The number of nitrogens with one attached hydrogen (secondary N) is 1. The number of aliphatic carboxylic acids is 1. The first-order valence-corrected chi connectivity index (χ1v) is 6.25. The number of rotatable bonds is 5. The number of carboxylic acids is 1. The molecule has 0 saturated carbocycles. The Morgan fingerprint density at radius 1 is 1.47 bits per heavy atom. The van der Waals surface area contributed by atoms with Crippen LogP contribution in [-0.4, -0.2) is 33.3 Å². The summed E-state index contributed by atoms with van der Waals surface area (Å²) in [6, 6.07) is 0. The van der Waals surface area contributed by atoms with Crippen LogP contribution in [0.3, 0.4) is 0 Å². The Kier molecular flexibility index (Phi) is 4.69. The van der Waals surface area contributed by atoms with Gasteiger partial charge in [-0.2, -0.15) is 5.10 Å². The van der Waals surface area contributed by atoms with Gasteiger partial charge in [-0.1, -0.05) is 6.92 Å². The number of carboxylic acid groups (broad SMARTS) is 1. The molecule has 0 aliphatic carbocycles. The first-order valence-electron chi connectivity index (χ1n) is 6.25. The Morgan fingerprint density at radius 3 is 2.58 bits per heavy atom. The molecule has 0 aliphatic heterocycles. The lowest BCUT2D eigenvalue weighted by Gasteiger charge is -2.18. The number of hydrogen-bond acceptors (Lipinski definition) is 3. The zero-order chi connectivity index (χ0) is 14.6. The molecular formula is C13H21N3O3. The molecule has 19 heavy (non-hydrogen) atoms. The molecule has 1 heterocycles. The highest BCUT2D eigenvalue weighted by molar-refractivity contribution is 5.93. The maximum Gasteiger partial charge on any atom is 0.303 e. The van der Waals surface area contributed by atoms with E-state index in [9.17, 15) is 9.59 Å². The van der Waals surface area contributed by atoms with Gasteiger partial charge in [-0.15, -0.1) is 0 Å². The van der Waals surface area contributed by atoms with Crippen molar-refractivity contribution in [3.8, 4) is 0 Å². The third-order valence-electron chi connectivity index (χ3n) is 2.67. The van der Waals surface area contributed by atoms with Crippen molar-refractivity contribution < 1.29 is 14.7 Å². The zero-order valence-corrected chi connectivity index (χ0v) is 11.8. The molecule has 1 rings (SSSR count). The van der Waals surface area contributed by atoms with E-state index in [0.717, 1.165) is 0 Å². The van der Waals surface area contributed by atoms with Crippen LogP contribution in [0.2, 0.25) is 0 Å². The highest BCUT2D eigenvalue weighted by Gasteiger charge is 2.17. The van der Waals surface area contributed by atoms with Crippen molar-refractivity contribution >= 4 is 11.9 Å². The Balaban J connectivity index is 2.55. The van der Waals surface area contributed by atoms with Crippen molar-refractivity contribution in [1.29, 1.82) is 0 Å². The molecule has 0 aliphatic rings. The summed E-state index contributed by atoms with van der Waals surface area (Å²) in [7, 11) is 0. The maximum atomic E-state index is 11.9. The van der Waals surface area contributed by atoms with Crippen molar-refractivity contribution in [2.75, 3.05) is 6.54 Å². The average molecular weight is 267 g/mol. The van der Waals surface area contributed by atoms with Gasteiger partial charge < -0.3 is 10.4 Å². The minimum absolute atomic E-state index is 0.0432. The number of nitrogens with zero attached hydrogens (tertiary/aromatic N) is 2. The molecule has 0 spiro atoms. The number of carbonyl (C=O) groups is 2. The van der Waals surface area contributed by atoms with Gasteiger partial charge >= 0.3 is 5.97 Å². The van der Waals surface area contributed by atoms with Gasteiger partial charge in [-0.05, 0) is 26.7 Å². The quantitative estimate of drug-likeness (QED) is 0.846. The van der Waals surface area contributed by atoms with Crippen molar-refractivity contribution in [3.63, 3.8) is 0 Å². The molecule has 6 nitrogen and oxygen atoms in total. The highest BCUT2D eigenvalue weighted by Crippen LogP contribution is 2.13. The lowest BCUT2D eigenvalue weighted by Crippen LogP contribution is -2.29. The normalized spacial score (nSPS) is 13.1. The molecule has 0 saturated heterocycles. The van der Waals surface area contributed by atoms with Crippen LogP contribution < -0.4 is 5.32 Å². The minimum atomic E-state index is -0.859. The van der Waals surface area contributed by atoms with Gasteiger partial charge in [0, 0.05) is 19.2 Å². The lowest BCUT2D eigenvalue weighted by molar-refractivity contribution is -0.137. The van der Waals surface area contributed by atoms with Crippen LogP contribution in [0.4, 0.5) is 0 Å². The van der Waals surface area contributed by atoms with E-state index in [-0.39, 0.29) is 23.8 Å². The fourth-order valence-electron chi connectivity index (χ4n) is 1.55. The van der Waals surface area contributed by atoms with Crippen LogP contribution in [0.15, 0.2) is 12.4 Å². The summed E-state index contributed by atoms with van der Waals surface area (Å²) >= 11 is 0. The fraction of sp³-hybridized carbons (Fsp3) is 0.615. The Morgan fingerprint density at radius 2 is 2.11 bits per heavy atom. The monoisotopic (exact) mass is 267 g/mol. The molecule has 0 fully saturated rings. The summed E-state index contributed by atoms with van der Waals surface area (Å²) < 4.78 is 1.72. The third-order valence-corrected chi connectivity index (χ3v) is 2.67. The summed E-state index contributed by atoms with van der Waals surface area (Å²) in [5.41, 5.74) is 0.312. The van der Waals surface area contributed by atoms with E-state index in [1.54, 1.807) is 17.8 Å². The van der Waals surface area contributed by atoms with E-state index in [2.05, 4.69) is 10.4 Å². The summed E-state index contributed by atoms with van der Waals surface area (Å²) in [5, 5.41) is 15.5. The lowest BCUT2D eigenvalue weighted by atomic mass is 10.1. The van der Waals surface area contributed by atoms with Crippen molar-refractivity contribution in [3.05, 3.63) is 18.0 Å². The van der Waals surface area contributed by atoms with Crippen LogP contribution in [0.5, 0.6) is 0 Å². The van der Waals surface area contributed by atoms with Gasteiger partial charge in [-0.25, -0.2) is 0 Å². The topological polar surface area (TPSA) is 84.2 Å². The molecule has 106 valence electrons. The smallest absolute Gasteiger partial charge is 0.303 e. The van der Waals surface area contributed by atoms with Gasteiger partial charge in [-0.3, -0.25) is 14.3 Å². The highest BCUT2D eigenvalue weighted by atomic mass is 16.4. The summed E-state index contributed by atoms with van der Waals surface area (Å²) in [6.45, 7) is 8.11. The molecule has 1 unspecified atom stereocenters. The van der Waals surface area contributed by atoms with E-state index in [1.165, 1.54) is 6.20 Å². The molecule has 1 amide bonds. The molecular weight excluding hydrogens is 246 g/mol. The van der Waals surface area contributed by atoms with Gasteiger partial charge in [0.25, 0.3) is 5.91 Å². The molecule has 0 radical (unpaired) electrons. The summed E-state index contributed by atoms with van der Waals surface area (Å²) in [6.07, 6.45) is 3.25. The van der Waals surface area contributed by atoms with Crippen LogP contribution in [0.1, 0.15) is 44.5 Å². The molecule has 2 N–H and O–H groups in total. The van der Waals surface area contributed by atoms with Crippen LogP contribution in [0, 0.1) is 5.92 Å². The number of hydrogen-bond donors (Lipinski definition) is 2. The number of carbonyl (C=O) groups excluding carboxylic acids is 1. The predicted molar refractivity (Wildman–Crippen MR) is 71.0 cm³/mol. The van der Waals surface area contributed by atoms with Crippen molar-refractivity contribution in [1.82, 2.24) is 15.1 Å². The van der Waals surface area contributed by atoms with E-state index in [4.69, 9.17) is 5.11 Å². The summed E-state index contributed by atoms with van der Waals surface area (Å²) in [4.78, 5) is 22.4. The molecule has 0 bridgehead atoms. The second-order valence-electron chi connectivity index (χ2n) is 5.76. The Bertz CT molecular complexity index is 460. The van der Waals surface area contributed by atoms with E-state index >= 15 is 0 Å². The predicted octanol–water partition coefficient (Wildman–Crippen LogP) is 1.48. The van der Waals surface area contributed by atoms with Crippen molar-refractivity contribution in [2.45, 2.75) is 39.7 Å². The Hall–Kier alpha value is -1.85. The van der Waals surface area contributed by atoms with Gasteiger partial charge in [0.1, 0.15) is 0 Å². The number of amides is 1. The largest absolute Gasteiger partial charge is 0.481 e. The van der Waals surface area contributed by atoms with Crippen molar-refractivity contribution in [2.24, 2.45) is 5.92 Å². The fourth-order valence-corrected chi connectivity index (χ4v) is 1.55. The van der Waals surface area contributed by atoms with Gasteiger partial charge in [0.2, 0.25) is 0 Å². The summed E-state index contributed by atoms with van der Waals surface area (Å²) in [5.74, 6) is -1.19. The SMILES string of the molecule is CC(CNC(=O)c1cnn(C(C)(C)C)c1)CC(=O)O. The first-order chi connectivity index (χ1) is 8.70. The molecule has 1 aromatic heterocycles. The van der Waals surface area contributed by atoms with Gasteiger partial charge in [0.15, 0.2) is 0 Å². The molecule has 1 aromatic rings. The second kappa shape index (κ2) is 5.86. The standard InChI is InChI=1S/C13H21N3O3/c1-9(5-11(17)18)6-14-12(19)10-7-15-16(8-10)13(2,3)4/h7-9H,5-6H2,1-4H3,(H,14,19)(H,17,18). The van der Waals surface area contributed by atoms with E-state index in [1.807, 2.05) is 20.8 Å². The first kappa shape index (κ1) is 15.2. The number of aromatic nitrogens is 2. The van der Waals surface area contributed by atoms with E-state index < -0.39 is 5.97 Å². The average Bonchev–Trinajstić information content (AvgIpc) is 2.73. The minimum Gasteiger partial charge on any atom is -0.481 e. The van der Waals surface area contributed by atoms with Crippen LogP contribution >= 0.6 is 0 Å². The zero-order valence-electron chi connectivity index (χ0n) is 11.8. The maximum absolute atomic E-state index is 11.9.